The van der Waals surface area contributed by atoms with E-state index in [-0.39, 0.29) is 24.3 Å². The lowest BCUT2D eigenvalue weighted by atomic mass is 10.1. The van der Waals surface area contributed by atoms with Crippen molar-refractivity contribution in [1.29, 1.82) is 0 Å². The molecule has 4 nitrogen and oxygen atoms in total. The predicted octanol–water partition coefficient (Wildman–Crippen LogP) is 4.31. The third-order valence-electron chi connectivity index (χ3n) is 3.21. The van der Waals surface area contributed by atoms with Crippen molar-refractivity contribution in [2.24, 2.45) is 0 Å². The maximum absolute atomic E-state index is 12.3. The summed E-state index contributed by atoms with van der Waals surface area (Å²) in [6.07, 6.45) is 0.136. The standard InChI is InChI=1S/C18H18Cl2N2O2/c1-11(2)21-18(24)13-5-3-4-6-16(13)22-17(23)10-12-7-8-14(19)15(20)9-12/h3-9,11H,10H2,1-2H3,(H,21,24)(H,22,23). The predicted molar refractivity (Wildman–Crippen MR) is 97.8 cm³/mol. The summed E-state index contributed by atoms with van der Waals surface area (Å²) in [5.41, 5.74) is 1.64. The molecule has 0 aliphatic heterocycles. The summed E-state index contributed by atoms with van der Waals surface area (Å²) in [4.78, 5) is 24.5. The first-order valence-electron chi connectivity index (χ1n) is 7.50. The summed E-state index contributed by atoms with van der Waals surface area (Å²) in [5.74, 6) is -0.464. The summed E-state index contributed by atoms with van der Waals surface area (Å²) in [6, 6.07) is 11.9. The van der Waals surface area contributed by atoms with Gasteiger partial charge in [-0.2, -0.15) is 0 Å². The number of halogens is 2. The molecule has 0 aromatic heterocycles. The van der Waals surface area contributed by atoms with Crippen LogP contribution in [0.1, 0.15) is 29.8 Å². The number of amides is 2. The molecule has 126 valence electrons. The molecule has 0 fully saturated rings. The fraction of sp³-hybridized carbons (Fsp3) is 0.222. The second-order valence-electron chi connectivity index (χ2n) is 5.65. The third kappa shape index (κ3) is 4.98. The number of anilines is 1. The van der Waals surface area contributed by atoms with Crippen molar-refractivity contribution in [2.45, 2.75) is 26.3 Å². The summed E-state index contributed by atoms with van der Waals surface area (Å²) >= 11 is 11.8. The molecule has 0 heterocycles. The molecule has 24 heavy (non-hydrogen) atoms. The molecule has 2 aromatic rings. The van der Waals surface area contributed by atoms with Gasteiger partial charge in [-0.25, -0.2) is 0 Å². The van der Waals surface area contributed by atoms with E-state index in [2.05, 4.69) is 10.6 Å². The normalized spacial score (nSPS) is 10.5. The molecular formula is C18H18Cl2N2O2. The van der Waals surface area contributed by atoms with Gasteiger partial charge in [-0.3, -0.25) is 9.59 Å². The monoisotopic (exact) mass is 364 g/mol. The molecule has 0 spiro atoms. The second kappa shape index (κ2) is 8.18. The largest absolute Gasteiger partial charge is 0.350 e. The Labute approximate surface area is 151 Å². The van der Waals surface area contributed by atoms with Gasteiger partial charge >= 0.3 is 0 Å². The van der Waals surface area contributed by atoms with Crippen LogP contribution in [0.2, 0.25) is 10.0 Å². The Morgan fingerprint density at radius 1 is 1.04 bits per heavy atom. The lowest BCUT2D eigenvalue weighted by Gasteiger charge is -2.13. The number of carbonyl (C=O) groups excluding carboxylic acids is 2. The summed E-state index contributed by atoms with van der Waals surface area (Å²) in [5, 5.41) is 6.43. The van der Waals surface area contributed by atoms with Gasteiger partial charge in [-0.05, 0) is 43.7 Å². The van der Waals surface area contributed by atoms with Gasteiger partial charge in [0.1, 0.15) is 0 Å². The quantitative estimate of drug-likeness (QED) is 0.830. The van der Waals surface area contributed by atoms with E-state index in [0.29, 0.717) is 21.3 Å². The molecular weight excluding hydrogens is 347 g/mol. The van der Waals surface area contributed by atoms with Crippen LogP contribution >= 0.6 is 23.2 Å². The molecule has 2 aromatic carbocycles. The van der Waals surface area contributed by atoms with Gasteiger partial charge in [-0.1, -0.05) is 41.4 Å². The van der Waals surface area contributed by atoms with E-state index in [0.717, 1.165) is 5.56 Å². The van der Waals surface area contributed by atoms with Crippen molar-refractivity contribution < 1.29 is 9.59 Å². The van der Waals surface area contributed by atoms with Crippen LogP contribution in [0.5, 0.6) is 0 Å². The summed E-state index contributed by atoms with van der Waals surface area (Å²) < 4.78 is 0. The van der Waals surface area contributed by atoms with Crippen LogP contribution in [-0.4, -0.2) is 17.9 Å². The van der Waals surface area contributed by atoms with Crippen LogP contribution in [0, 0.1) is 0 Å². The number of benzene rings is 2. The minimum Gasteiger partial charge on any atom is -0.350 e. The van der Waals surface area contributed by atoms with Crippen LogP contribution in [0.3, 0.4) is 0 Å². The molecule has 2 amide bonds. The molecule has 0 aliphatic carbocycles. The van der Waals surface area contributed by atoms with Crippen LogP contribution in [0.4, 0.5) is 5.69 Å². The Kier molecular flexibility index (Phi) is 6.23. The molecule has 2 rings (SSSR count). The van der Waals surface area contributed by atoms with Gasteiger partial charge in [-0.15, -0.1) is 0 Å². The lowest BCUT2D eigenvalue weighted by Crippen LogP contribution is -2.31. The average molecular weight is 365 g/mol. The first-order chi connectivity index (χ1) is 11.4. The zero-order valence-corrected chi connectivity index (χ0v) is 14.9. The minimum absolute atomic E-state index is 0.0115. The highest BCUT2D eigenvalue weighted by Gasteiger charge is 2.14. The molecule has 6 heteroatoms. The van der Waals surface area contributed by atoms with E-state index in [1.807, 2.05) is 13.8 Å². The fourth-order valence-corrected chi connectivity index (χ4v) is 2.48. The van der Waals surface area contributed by atoms with Crippen molar-refractivity contribution >= 4 is 40.7 Å². The summed E-state index contributed by atoms with van der Waals surface area (Å²) in [6.45, 7) is 3.76. The van der Waals surface area contributed by atoms with Crippen molar-refractivity contribution in [2.75, 3.05) is 5.32 Å². The van der Waals surface area contributed by atoms with E-state index >= 15 is 0 Å². The van der Waals surface area contributed by atoms with Crippen LogP contribution in [0.25, 0.3) is 0 Å². The third-order valence-corrected chi connectivity index (χ3v) is 3.95. The zero-order valence-electron chi connectivity index (χ0n) is 13.4. The molecule has 2 N–H and O–H groups in total. The smallest absolute Gasteiger partial charge is 0.253 e. The molecule has 0 saturated heterocycles. The van der Waals surface area contributed by atoms with E-state index in [9.17, 15) is 9.59 Å². The second-order valence-corrected chi connectivity index (χ2v) is 6.46. The Morgan fingerprint density at radius 2 is 1.75 bits per heavy atom. The van der Waals surface area contributed by atoms with Crippen molar-refractivity contribution in [3.8, 4) is 0 Å². The van der Waals surface area contributed by atoms with Gasteiger partial charge in [0.05, 0.1) is 27.7 Å². The minimum atomic E-state index is -0.238. The highest BCUT2D eigenvalue weighted by molar-refractivity contribution is 6.42. The van der Waals surface area contributed by atoms with Crippen LogP contribution in [-0.2, 0) is 11.2 Å². The number of carbonyl (C=O) groups is 2. The Hall–Kier alpha value is -2.04. The van der Waals surface area contributed by atoms with Gasteiger partial charge in [0.15, 0.2) is 0 Å². The first-order valence-corrected chi connectivity index (χ1v) is 8.26. The molecule has 0 atom stereocenters. The number of para-hydroxylation sites is 1. The first kappa shape index (κ1) is 18.3. The Balaban J connectivity index is 2.11. The highest BCUT2D eigenvalue weighted by atomic mass is 35.5. The summed E-state index contributed by atoms with van der Waals surface area (Å²) in [7, 11) is 0. The van der Waals surface area contributed by atoms with Crippen LogP contribution in [0.15, 0.2) is 42.5 Å². The molecule has 0 unspecified atom stereocenters. The average Bonchev–Trinajstić information content (AvgIpc) is 2.50. The number of hydrogen-bond donors (Lipinski definition) is 2. The number of nitrogens with one attached hydrogen (secondary N) is 2. The maximum Gasteiger partial charge on any atom is 0.253 e. The zero-order chi connectivity index (χ0) is 17.7. The Morgan fingerprint density at radius 3 is 2.42 bits per heavy atom. The maximum atomic E-state index is 12.3. The van der Waals surface area contributed by atoms with Crippen molar-refractivity contribution in [1.82, 2.24) is 5.32 Å². The van der Waals surface area contributed by atoms with E-state index in [1.54, 1.807) is 42.5 Å². The topological polar surface area (TPSA) is 58.2 Å². The fourth-order valence-electron chi connectivity index (χ4n) is 2.16. The van der Waals surface area contributed by atoms with E-state index in [1.165, 1.54) is 0 Å². The van der Waals surface area contributed by atoms with Gasteiger partial charge in [0.25, 0.3) is 5.91 Å². The van der Waals surface area contributed by atoms with Crippen molar-refractivity contribution in [3.05, 3.63) is 63.6 Å². The van der Waals surface area contributed by atoms with E-state index < -0.39 is 0 Å². The lowest BCUT2D eigenvalue weighted by molar-refractivity contribution is -0.115. The Bertz CT molecular complexity index is 760. The van der Waals surface area contributed by atoms with Crippen LogP contribution < -0.4 is 10.6 Å². The van der Waals surface area contributed by atoms with Crippen molar-refractivity contribution in [3.63, 3.8) is 0 Å². The number of rotatable bonds is 5. The highest BCUT2D eigenvalue weighted by Crippen LogP contribution is 2.23. The SMILES string of the molecule is CC(C)NC(=O)c1ccccc1NC(=O)Cc1ccc(Cl)c(Cl)c1. The van der Waals surface area contributed by atoms with Gasteiger partial charge in [0.2, 0.25) is 5.91 Å². The number of hydrogen-bond acceptors (Lipinski definition) is 2. The van der Waals surface area contributed by atoms with Gasteiger partial charge in [0, 0.05) is 6.04 Å². The van der Waals surface area contributed by atoms with Gasteiger partial charge < -0.3 is 10.6 Å². The molecule has 0 aliphatic rings. The molecule has 0 bridgehead atoms. The molecule has 0 saturated carbocycles. The molecule has 0 radical (unpaired) electrons. The van der Waals surface area contributed by atoms with E-state index in [4.69, 9.17) is 23.2 Å².